The summed E-state index contributed by atoms with van der Waals surface area (Å²) in [6, 6.07) is 0. The molecule has 0 spiro atoms. The van der Waals surface area contributed by atoms with Gasteiger partial charge < -0.3 is 15.0 Å². The van der Waals surface area contributed by atoms with E-state index >= 15 is 0 Å². The van der Waals surface area contributed by atoms with Crippen LogP contribution in [0.3, 0.4) is 0 Å². The average Bonchev–Trinajstić information content (AvgIpc) is 2.67. The maximum Gasteiger partial charge on any atom is 0.258 e. The largest absolute Gasteiger partial charge is 0.376 e. The molecule has 98 valence electrons. The lowest BCUT2D eigenvalue weighted by atomic mass is 10.1. The summed E-state index contributed by atoms with van der Waals surface area (Å²) < 4.78 is 5.30. The number of ether oxygens (including phenoxy) is 1. The molecule has 0 aromatic carbocycles. The number of aromatic amines is 1. The number of anilines is 1. The highest BCUT2D eigenvalue weighted by atomic mass is 16.5. The van der Waals surface area contributed by atoms with Crippen LogP contribution in [0.25, 0.3) is 0 Å². The fourth-order valence-electron chi connectivity index (χ4n) is 2.44. The van der Waals surface area contributed by atoms with Crippen molar-refractivity contribution in [2.24, 2.45) is 0 Å². The molecule has 3 rings (SSSR count). The number of nitrogens with zero attached hydrogens (tertiary/aromatic N) is 2. The summed E-state index contributed by atoms with van der Waals surface area (Å²) in [6.45, 7) is 4.83. The summed E-state index contributed by atoms with van der Waals surface area (Å²) in [5.41, 5.74) is 1.54. The van der Waals surface area contributed by atoms with Crippen molar-refractivity contribution in [3.8, 4) is 0 Å². The molecule has 0 amide bonds. The number of fused-ring (bicyclic) bond motifs is 1. The van der Waals surface area contributed by atoms with Crippen LogP contribution in [0.5, 0.6) is 0 Å². The Balaban J connectivity index is 1.92. The van der Waals surface area contributed by atoms with E-state index in [0.717, 1.165) is 44.7 Å². The molecule has 0 bridgehead atoms. The first-order valence-electron chi connectivity index (χ1n) is 6.50. The van der Waals surface area contributed by atoms with Crippen LogP contribution in [0.15, 0.2) is 4.79 Å². The Morgan fingerprint density at radius 2 is 2.22 bits per heavy atom. The van der Waals surface area contributed by atoms with Crippen LogP contribution < -0.4 is 15.8 Å². The molecule has 6 heteroatoms. The first kappa shape index (κ1) is 11.7. The van der Waals surface area contributed by atoms with Crippen molar-refractivity contribution >= 4 is 5.95 Å². The highest BCUT2D eigenvalue weighted by molar-refractivity contribution is 5.34. The van der Waals surface area contributed by atoms with Gasteiger partial charge in [-0.15, -0.1) is 0 Å². The lowest BCUT2D eigenvalue weighted by Crippen LogP contribution is -2.33. The molecule has 2 N–H and O–H groups in total. The van der Waals surface area contributed by atoms with Crippen LogP contribution in [0.4, 0.5) is 5.95 Å². The van der Waals surface area contributed by atoms with Gasteiger partial charge in [-0.25, -0.2) is 4.98 Å². The van der Waals surface area contributed by atoms with Gasteiger partial charge in [-0.1, -0.05) is 0 Å². The Hall–Kier alpha value is -1.40. The fourth-order valence-corrected chi connectivity index (χ4v) is 2.44. The Morgan fingerprint density at radius 1 is 1.28 bits per heavy atom. The van der Waals surface area contributed by atoms with E-state index in [1.165, 1.54) is 0 Å². The Kier molecular flexibility index (Phi) is 3.29. The molecule has 0 unspecified atom stereocenters. The molecule has 6 nitrogen and oxygen atoms in total. The number of hydrogen-bond acceptors (Lipinski definition) is 5. The van der Waals surface area contributed by atoms with E-state index in [4.69, 9.17) is 4.74 Å². The van der Waals surface area contributed by atoms with Gasteiger partial charge in [0.25, 0.3) is 5.56 Å². The quantitative estimate of drug-likeness (QED) is 0.712. The third-order valence-electron chi connectivity index (χ3n) is 3.46. The Bertz CT molecular complexity index is 477. The molecule has 1 aromatic rings. The topological polar surface area (TPSA) is 70.2 Å². The van der Waals surface area contributed by atoms with Gasteiger partial charge in [-0.2, -0.15) is 0 Å². The molecule has 0 aliphatic carbocycles. The highest BCUT2D eigenvalue weighted by Gasteiger charge is 2.19. The average molecular weight is 250 g/mol. The number of hydrogen-bond donors (Lipinski definition) is 2. The van der Waals surface area contributed by atoms with Crippen LogP contribution in [-0.4, -0.2) is 42.8 Å². The van der Waals surface area contributed by atoms with E-state index in [1.807, 2.05) is 0 Å². The molecule has 3 heterocycles. The molecule has 1 aromatic heterocycles. The second kappa shape index (κ2) is 5.07. The van der Waals surface area contributed by atoms with Crippen LogP contribution in [0.2, 0.25) is 0 Å². The molecule has 18 heavy (non-hydrogen) atoms. The van der Waals surface area contributed by atoms with Gasteiger partial charge in [0.05, 0.1) is 24.5 Å². The zero-order valence-electron chi connectivity index (χ0n) is 10.4. The predicted octanol–water partition coefficient (Wildman–Crippen LogP) is -0.358. The predicted molar refractivity (Wildman–Crippen MR) is 67.9 cm³/mol. The van der Waals surface area contributed by atoms with Crippen molar-refractivity contribution in [3.05, 3.63) is 21.6 Å². The lowest BCUT2D eigenvalue weighted by Gasteiger charge is -2.23. The van der Waals surface area contributed by atoms with Crippen molar-refractivity contribution in [2.45, 2.75) is 19.4 Å². The molecular weight excluding hydrogens is 232 g/mol. The molecule has 0 atom stereocenters. The molecule has 1 saturated heterocycles. The SMILES string of the molecule is O=c1[nH]c(N2CCCNCC2)nc2c1COCC2. The maximum atomic E-state index is 12.0. The smallest absolute Gasteiger partial charge is 0.258 e. The van der Waals surface area contributed by atoms with Crippen molar-refractivity contribution in [3.63, 3.8) is 0 Å². The number of aromatic nitrogens is 2. The number of nitrogens with one attached hydrogen (secondary N) is 2. The molecule has 0 radical (unpaired) electrons. The third-order valence-corrected chi connectivity index (χ3v) is 3.46. The standard InChI is InChI=1S/C12H18N4O2/c17-11-9-8-18-7-2-10(9)14-12(15-11)16-5-1-3-13-4-6-16/h13H,1-8H2,(H,14,15,17). The maximum absolute atomic E-state index is 12.0. The minimum absolute atomic E-state index is 0.0492. The summed E-state index contributed by atoms with van der Waals surface area (Å²) in [7, 11) is 0. The van der Waals surface area contributed by atoms with Gasteiger partial charge in [0.1, 0.15) is 0 Å². The monoisotopic (exact) mass is 250 g/mol. The summed E-state index contributed by atoms with van der Waals surface area (Å²) in [6.07, 6.45) is 1.81. The summed E-state index contributed by atoms with van der Waals surface area (Å²) in [4.78, 5) is 21.6. The molecular formula is C12H18N4O2. The number of H-pyrrole nitrogens is 1. The fraction of sp³-hybridized carbons (Fsp3) is 0.667. The van der Waals surface area contributed by atoms with Gasteiger partial charge >= 0.3 is 0 Å². The molecule has 1 fully saturated rings. The molecule has 2 aliphatic heterocycles. The Labute approximate surface area is 105 Å². The van der Waals surface area contributed by atoms with E-state index in [-0.39, 0.29) is 5.56 Å². The summed E-state index contributed by atoms with van der Waals surface area (Å²) in [5.74, 6) is 0.712. The molecule has 2 aliphatic rings. The molecule has 0 saturated carbocycles. The van der Waals surface area contributed by atoms with E-state index in [1.54, 1.807) is 0 Å². The van der Waals surface area contributed by atoms with Crippen molar-refractivity contribution < 1.29 is 4.74 Å². The normalized spacial score (nSPS) is 20.3. The van der Waals surface area contributed by atoms with Gasteiger partial charge in [-0.05, 0) is 13.0 Å². The van der Waals surface area contributed by atoms with Crippen LogP contribution in [0, 0.1) is 0 Å². The van der Waals surface area contributed by atoms with E-state index in [2.05, 4.69) is 20.2 Å². The zero-order chi connectivity index (χ0) is 12.4. The van der Waals surface area contributed by atoms with Gasteiger partial charge in [0.2, 0.25) is 5.95 Å². The van der Waals surface area contributed by atoms with Crippen LogP contribution in [0.1, 0.15) is 17.7 Å². The van der Waals surface area contributed by atoms with E-state index in [0.29, 0.717) is 24.7 Å². The lowest BCUT2D eigenvalue weighted by molar-refractivity contribution is 0.108. The van der Waals surface area contributed by atoms with Gasteiger partial charge in [0, 0.05) is 26.1 Å². The first-order valence-corrected chi connectivity index (χ1v) is 6.50. The first-order chi connectivity index (χ1) is 8.84. The highest BCUT2D eigenvalue weighted by Crippen LogP contribution is 2.14. The second-order valence-corrected chi connectivity index (χ2v) is 4.71. The second-order valence-electron chi connectivity index (χ2n) is 4.71. The minimum Gasteiger partial charge on any atom is -0.376 e. The van der Waals surface area contributed by atoms with Gasteiger partial charge in [-0.3, -0.25) is 9.78 Å². The van der Waals surface area contributed by atoms with Crippen molar-refractivity contribution in [1.82, 2.24) is 15.3 Å². The minimum atomic E-state index is -0.0492. The Morgan fingerprint density at radius 3 is 3.17 bits per heavy atom. The van der Waals surface area contributed by atoms with Crippen LogP contribution in [-0.2, 0) is 17.8 Å². The zero-order valence-corrected chi connectivity index (χ0v) is 10.4. The van der Waals surface area contributed by atoms with Crippen molar-refractivity contribution in [1.29, 1.82) is 0 Å². The van der Waals surface area contributed by atoms with Crippen LogP contribution >= 0.6 is 0 Å². The van der Waals surface area contributed by atoms with Crippen molar-refractivity contribution in [2.75, 3.05) is 37.7 Å². The van der Waals surface area contributed by atoms with Gasteiger partial charge in [0.15, 0.2) is 0 Å². The third kappa shape index (κ3) is 2.26. The number of rotatable bonds is 1. The van der Waals surface area contributed by atoms with E-state index in [9.17, 15) is 4.79 Å². The summed E-state index contributed by atoms with van der Waals surface area (Å²) in [5, 5.41) is 3.34. The summed E-state index contributed by atoms with van der Waals surface area (Å²) >= 11 is 0. The van der Waals surface area contributed by atoms with E-state index < -0.39 is 0 Å².